The van der Waals surface area contributed by atoms with Crippen LogP contribution in [0, 0.1) is 11.3 Å². The molecule has 0 saturated carbocycles. The maximum atomic E-state index is 11.6. The van der Waals surface area contributed by atoms with E-state index in [0.29, 0.717) is 12.5 Å². The second-order valence-electron chi connectivity index (χ2n) is 8.62. The minimum Gasteiger partial charge on any atom is -0.348 e. The molecule has 2 fully saturated rings. The number of nitrogens with zero attached hydrogens (tertiary/aromatic N) is 3. The monoisotopic (exact) mass is 402 g/mol. The maximum absolute atomic E-state index is 11.6. The number of nitrogens with one attached hydrogen (secondary N) is 1. The number of rotatable bonds is 8. The van der Waals surface area contributed by atoms with Crippen LogP contribution in [-0.4, -0.2) is 72.9 Å². The third-order valence-electron chi connectivity index (χ3n) is 6.36. The number of hydrogen-bond donors (Lipinski definition) is 1. The van der Waals surface area contributed by atoms with Gasteiger partial charge in [0.05, 0.1) is 12.3 Å². The van der Waals surface area contributed by atoms with E-state index in [1.165, 1.54) is 11.8 Å². The van der Waals surface area contributed by atoms with Crippen molar-refractivity contribution in [2.45, 2.75) is 19.4 Å². The van der Waals surface area contributed by atoms with E-state index in [4.69, 9.17) is 0 Å². The van der Waals surface area contributed by atoms with Crippen LogP contribution in [-0.2, 0) is 22.8 Å². The van der Waals surface area contributed by atoms with Crippen molar-refractivity contribution in [3.8, 4) is 0 Å². The van der Waals surface area contributed by atoms with Gasteiger partial charge >= 0.3 is 0 Å². The smallest absolute Gasteiger partial charge is 0.148 e. The van der Waals surface area contributed by atoms with Gasteiger partial charge < -0.3 is 9.88 Å². The van der Waals surface area contributed by atoms with Gasteiger partial charge in [0, 0.05) is 56.8 Å². The normalized spacial score (nSPS) is 26.0. The van der Waals surface area contributed by atoms with Gasteiger partial charge in [-0.05, 0) is 24.3 Å². The lowest BCUT2D eigenvalue weighted by molar-refractivity contribution is 0.200. The summed E-state index contributed by atoms with van der Waals surface area (Å²) in [6, 6.07) is 10.7. The number of fused-ring (bicyclic) bond motifs is 1. The molecule has 0 spiro atoms. The zero-order valence-corrected chi connectivity index (χ0v) is 17.4. The standard InChI is InChI=1S/C21H30N4O2S/c1-28(26,27)12-11-24-13-19-14-25(15-20-22-9-10-23-20)17-21(19,16-24)8-7-18-5-3-2-4-6-18/h2-6,9-10,19H,7-8,11-17H2,1H3,(H,22,23). The Hall–Kier alpha value is -1.70. The molecule has 7 heteroatoms. The lowest BCUT2D eigenvalue weighted by Gasteiger charge is -2.30. The number of aryl methyl sites for hydroxylation is 1. The minimum absolute atomic E-state index is 0.236. The highest BCUT2D eigenvalue weighted by molar-refractivity contribution is 7.90. The first-order valence-electron chi connectivity index (χ1n) is 10.1. The predicted octanol–water partition coefficient (Wildman–Crippen LogP) is 1.82. The Morgan fingerprint density at radius 2 is 1.93 bits per heavy atom. The molecule has 2 atom stereocenters. The molecule has 2 aliphatic rings. The van der Waals surface area contributed by atoms with Gasteiger partial charge in [-0.3, -0.25) is 4.90 Å². The second-order valence-corrected chi connectivity index (χ2v) is 10.9. The molecule has 3 heterocycles. The van der Waals surface area contributed by atoms with Crippen LogP contribution in [0.3, 0.4) is 0 Å². The Morgan fingerprint density at radius 3 is 2.64 bits per heavy atom. The van der Waals surface area contributed by atoms with Gasteiger partial charge in [-0.2, -0.15) is 0 Å². The molecule has 28 heavy (non-hydrogen) atoms. The van der Waals surface area contributed by atoms with Gasteiger partial charge in [-0.25, -0.2) is 13.4 Å². The molecule has 2 unspecified atom stereocenters. The molecule has 4 rings (SSSR count). The van der Waals surface area contributed by atoms with Crippen molar-refractivity contribution >= 4 is 9.84 Å². The van der Waals surface area contributed by atoms with Crippen LogP contribution in [0.5, 0.6) is 0 Å². The number of H-pyrrole nitrogens is 1. The van der Waals surface area contributed by atoms with Gasteiger partial charge in [-0.1, -0.05) is 30.3 Å². The molecule has 0 amide bonds. The molecular formula is C21H30N4O2S. The number of likely N-dealkylation sites (tertiary alicyclic amines) is 2. The van der Waals surface area contributed by atoms with E-state index in [0.717, 1.165) is 51.4 Å². The maximum Gasteiger partial charge on any atom is 0.148 e. The fraction of sp³-hybridized carbons (Fsp3) is 0.571. The number of imidazole rings is 1. The summed E-state index contributed by atoms with van der Waals surface area (Å²) in [5.74, 6) is 1.86. The summed E-state index contributed by atoms with van der Waals surface area (Å²) < 4.78 is 23.2. The van der Waals surface area contributed by atoms with Crippen molar-refractivity contribution in [2.24, 2.45) is 11.3 Å². The van der Waals surface area contributed by atoms with E-state index < -0.39 is 9.84 Å². The molecule has 1 aromatic carbocycles. The Morgan fingerprint density at radius 1 is 1.18 bits per heavy atom. The molecule has 0 radical (unpaired) electrons. The third-order valence-corrected chi connectivity index (χ3v) is 7.29. The predicted molar refractivity (Wildman–Crippen MR) is 111 cm³/mol. The van der Waals surface area contributed by atoms with E-state index >= 15 is 0 Å². The lowest BCUT2D eigenvalue weighted by atomic mass is 9.76. The van der Waals surface area contributed by atoms with Gasteiger partial charge in [0.2, 0.25) is 0 Å². The van der Waals surface area contributed by atoms with E-state index in [9.17, 15) is 8.42 Å². The lowest BCUT2D eigenvalue weighted by Crippen LogP contribution is -2.36. The van der Waals surface area contributed by atoms with Gasteiger partial charge in [-0.15, -0.1) is 0 Å². The minimum atomic E-state index is -2.92. The van der Waals surface area contributed by atoms with Crippen LogP contribution in [0.25, 0.3) is 0 Å². The number of sulfone groups is 1. The average Bonchev–Trinajstić information content (AvgIpc) is 3.34. The fourth-order valence-corrected chi connectivity index (χ4v) is 5.57. The Bertz CT molecular complexity index is 869. The number of benzene rings is 1. The van der Waals surface area contributed by atoms with Crippen molar-refractivity contribution in [1.29, 1.82) is 0 Å². The summed E-state index contributed by atoms with van der Waals surface area (Å²) in [5, 5.41) is 0. The summed E-state index contributed by atoms with van der Waals surface area (Å²) >= 11 is 0. The van der Waals surface area contributed by atoms with E-state index in [1.807, 2.05) is 12.4 Å². The first kappa shape index (κ1) is 19.6. The van der Waals surface area contributed by atoms with Crippen molar-refractivity contribution in [3.63, 3.8) is 0 Å². The molecule has 2 aliphatic heterocycles. The highest BCUT2D eigenvalue weighted by Gasteiger charge is 2.51. The van der Waals surface area contributed by atoms with Crippen LogP contribution in [0.2, 0.25) is 0 Å². The molecule has 2 saturated heterocycles. The van der Waals surface area contributed by atoms with Crippen LogP contribution in [0.1, 0.15) is 17.8 Å². The van der Waals surface area contributed by atoms with Gasteiger partial charge in [0.1, 0.15) is 15.7 Å². The van der Waals surface area contributed by atoms with Crippen LogP contribution < -0.4 is 0 Å². The van der Waals surface area contributed by atoms with E-state index in [1.54, 1.807) is 0 Å². The van der Waals surface area contributed by atoms with E-state index in [2.05, 4.69) is 50.1 Å². The molecule has 6 nitrogen and oxygen atoms in total. The molecule has 2 aromatic rings. The van der Waals surface area contributed by atoms with Crippen LogP contribution in [0.4, 0.5) is 0 Å². The SMILES string of the molecule is CS(=O)(=O)CCN1CC2CN(Cc3ncc[nH]3)CC2(CCc2ccccc2)C1. The molecule has 0 bridgehead atoms. The van der Waals surface area contributed by atoms with E-state index in [-0.39, 0.29) is 11.2 Å². The fourth-order valence-electron chi connectivity index (χ4n) is 4.98. The van der Waals surface area contributed by atoms with Crippen molar-refractivity contribution in [3.05, 3.63) is 54.1 Å². The topological polar surface area (TPSA) is 69.3 Å². The number of aromatic nitrogens is 2. The highest BCUT2D eigenvalue weighted by atomic mass is 32.2. The zero-order chi connectivity index (χ0) is 19.6. The molecule has 1 N–H and O–H groups in total. The third kappa shape index (κ3) is 4.64. The number of aromatic amines is 1. The summed E-state index contributed by atoms with van der Waals surface area (Å²) in [6.45, 7) is 5.62. The average molecular weight is 403 g/mol. The largest absolute Gasteiger partial charge is 0.348 e. The van der Waals surface area contributed by atoms with Gasteiger partial charge in [0.15, 0.2) is 0 Å². The Labute approximate surface area is 167 Å². The molecule has 152 valence electrons. The van der Waals surface area contributed by atoms with Crippen molar-refractivity contribution < 1.29 is 8.42 Å². The number of hydrogen-bond acceptors (Lipinski definition) is 5. The highest BCUT2D eigenvalue weighted by Crippen LogP contribution is 2.46. The molecular weight excluding hydrogens is 372 g/mol. The van der Waals surface area contributed by atoms with Crippen molar-refractivity contribution in [1.82, 2.24) is 19.8 Å². The second kappa shape index (κ2) is 7.97. The summed E-state index contributed by atoms with van der Waals surface area (Å²) in [4.78, 5) is 12.5. The molecule has 0 aliphatic carbocycles. The quantitative estimate of drug-likeness (QED) is 0.729. The first-order valence-corrected chi connectivity index (χ1v) is 12.1. The Balaban J connectivity index is 1.45. The summed E-state index contributed by atoms with van der Waals surface area (Å²) in [6.07, 6.45) is 7.24. The summed E-state index contributed by atoms with van der Waals surface area (Å²) in [7, 11) is -2.92. The van der Waals surface area contributed by atoms with Crippen LogP contribution in [0.15, 0.2) is 42.7 Å². The first-order chi connectivity index (χ1) is 13.4. The molecule has 1 aromatic heterocycles. The zero-order valence-electron chi connectivity index (χ0n) is 16.5. The Kier molecular flexibility index (Phi) is 5.58. The van der Waals surface area contributed by atoms with Crippen molar-refractivity contribution in [2.75, 3.05) is 44.7 Å². The van der Waals surface area contributed by atoms with Gasteiger partial charge in [0.25, 0.3) is 0 Å². The van der Waals surface area contributed by atoms with Crippen LogP contribution >= 0.6 is 0 Å². The summed E-state index contributed by atoms with van der Waals surface area (Å²) in [5.41, 5.74) is 1.62.